The van der Waals surface area contributed by atoms with Crippen molar-refractivity contribution in [3.63, 3.8) is 0 Å². The van der Waals surface area contributed by atoms with E-state index in [1.807, 2.05) is 30.3 Å². The van der Waals surface area contributed by atoms with E-state index in [1.165, 1.54) is 24.3 Å². The minimum Gasteiger partial charge on any atom is -0.492 e. The van der Waals surface area contributed by atoms with Gasteiger partial charge in [0.05, 0.1) is 23.4 Å². The van der Waals surface area contributed by atoms with Crippen LogP contribution in [-0.2, 0) is 14.8 Å². The molecule has 0 spiro atoms. The van der Waals surface area contributed by atoms with E-state index in [9.17, 15) is 23.3 Å². The number of anilines is 1. The number of carbonyl (C=O) groups is 1. The zero-order chi connectivity index (χ0) is 21.3. The summed E-state index contributed by atoms with van der Waals surface area (Å²) in [5, 5.41) is 13.6. The number of nitro benzene ring substituents is 1. The van der Waals surface area contributed by atoms with Gasteiger partial charge in [0.15, 0.2) is 0 Å². The Morgan fingerprint density at radius 3 is 2.55 bits per heavy atom. The first-order chi connectivity index (χ1) is 13.8. The Balaban J connectivity index is 1.81. The summed E-state index contributed by atoms with van der Waals surface area (Å²) >= 11 is 0. The summed E-state index contributed by atoms with van der Waals surface area (Å²) in [5.74, 6) is 0.483. The molecular weight excluding hydrogens is 398 g/mol. The molecule has 9 nitrogen and oxygen atoms in total. The Hall–Kier alpha value is -3.14. The normalized spacial score (nSPS) is 10.9. The first-order valence-electron chi connectivity index (χ1n) is 8.94. The Morgan fingerprint density at radius 2 is 1.90 bits per heavy atom. The van der Waals surface area contributed by atoms with E-state index >= 15 is 0 Å². The van der Waals surface area contributed by atoms with Gasteiger partial charge in [-0.05, 0) is 24.6 Å². The summed E-state index contributed by atoms with van der Waals surface area (Å²) in [4.78, 5) is 22.3. The average molecular weight is 421 g/mol. The first kappa shape index (κ1) is 22.2. The largest absolute Gasteiger partial charge is 0.492 e. The molecule has 2 rings (SSSR count). The number of sulfonamides is 1. The van der Waals surface area contributed by atoms with Crippen LogP contribution in [0.5, 0.6) is 5.75 Å². The Labute approximate surface area is 169 Å². The number of benzene rings is 2. The number of hydrogen-bond donors (Lipinski definition) is 1. The highest BCUT2D eigenvalue weighted by Gasteiger charge is 2.19. The van der Waals surface area contributed by atoms with Crippen molar-refractivity contribution in [3.8, 4) is 5.75 Å². The monoisotopic (exact) mass is 421 g/mol. The van der Waals surface area contributed by atoms with E-state index in [-0.39, 0.29) is 36.7 Å². The van der Waals surface area contributed by atoms with Crippen molar-refractivity contribution in [1.82, 2.24) is 5.32 Å². The van der Waals surface area contributed by atoms with Gasteiger partial charge in [-0.15, -0.1) is 0 Å². The zero-order valence-electron chi connectivity index (χ0n) is 16.0. The molecule has 0 aliphatic rings. The molecule has 0 bridgehead atoms. The third-order valence-corrected chi connectivity index (χ3v) is 5.12. The van der Waals surface area contributed by atoms with E-state index in [4.69, 9.17) is 4.74 Å². The number of hydrogen-bond acceptors (Lipinski definition) is 6. The van der Waals surface area contributed by atoms with Gasteiger partial charge in [0.25, 0.3) is 5.69 Å². The smallest absolute Gasteiger partial charge is 0.271 e. The lowest BCUT2D eigenvalue weighted by Crippen LogP contribution is -2.33. The number of nitro groups is 1. The summed E-state index contributed by atoms with van der Waals surface area (Å²) < 4.78 is 30.7. The topological polar surface area (TPSA) is 119 Å². The number of amides is 1. The van der Waals surface area contributed by atoms with Gasteiger partial charge in [0.1, 0.15) is 12.4 Å². The molecule has 2 aromatic rings. The number of para-hydroxylation sites is 1. The summed E-state index contributed by atoms with van der Waals surface area (Å²) in [6.45, 7) is 0.682. The molecule has 2 aromatic carbocycles. The second-order valence-corrected chi connectivity index (χ2v) is 8.13. The summed E-state index contributed by atoms with van der Waals surface area (Å²) in [5.41, 5.74) is -0.00863. The molecule has 0 heterocycles. The van der Waals surface area contributed by atoms with Crippen LogP contribution < -0.4 is 14.4 Å². The van der Waals surface area contributed by atoms with Crippen LogP contribution >= 0.6 is 0 Å². The molecule has 0 aliphatic heterocycles. The standard InChI is InChI=1S/C19H23N3O6S/c1-29(26,27)21(16-7-5-8-17(15-16)22(24)25)13-6-11-19(23)20-12-14-28-18-9-3-2-4-10-18/h2-5,7-10,15H,6,11-14H2,1H3,(H,20,23). The van der Waals surface area contributed by atoms with Crippen molar-refractivity contribution in [2.24, 2.45) is 0 Å². The second-order valence-electron chi connectivity index (χ2n) is 6.23. The Morgan fingerprint density at radius 1 is 1.17 bits per heavy atom. The van der Waals surface area contributed by atoms with Gasteiger partial charge in [-0.1, -0.05) is 24.3 Å². The fourth-order valence-electron chi connectivity index (χ4n) is 2.60. The molecule has 0 radical (unpaired) electrons. The lowest BCUT2D eigenvalue weighted by atomic mass is 10.2. The molecule has 0 aliphatic carbocycles. The van der Waals surface area contributed by atoms with E-state index in [0.717, 1.165) is 10.6 Å². The summed E-state index contributed by atoms with van der Waals surface area (Å²) in [6, 6.07) is 14.6. The maximum Gasteiger partial charge on any atom is 0.271 e. The number of nitrogens with one attached hydrogen (secondary N) is 1. The molecule has 0 unspecified atom stereocenters. The van der Waals surface area contributed by atoms with Gasteiger partial charge in [-0.2, -0.15) is 0 Å². The van der Waals surface area contributed by atoms with Crippen LogP contribution in [0.2, 0.25) is 0 Å². The number of non-ortho nitro benzene ring substituents is 1. The maximum atomic E-state index is 12.1. The Kier molecular flexibility index (Phi) is 7.96. The van der Waals surface area contributed by atoms with Crippen LogP contribution in [-0.4, -0.2) is 45.2 Å². The van der Waals surface area contributed by atoms with Crippen molar-refractivity contribution in [1.29, 1.82) is 0 Å². The van der Waals surface area contributed by atoms with Crippen molar-refractivity contribution in [2.45, 2.75) is 12.8 Å². The highest BCUT2D eigenvalue weighted by Crippen LogP contribution is 2.23. The lowest BCUT2D eigenvalue weighted by Gasteiger charge is -2.22. The van der Waals surface area contributed by atoms with Gasteiger partial charge < -0.3 is 10.1 Å². The summed E-state index contributed by atoms with van der Waals surface area (Å²) in [7, 11) is -3.65. The Bertz CT molecular complexity index is 934. The predicted molar refractivity (Wildman–Crippen MR) is 109 cm³/mol. The third-order valence-electron chi connectivity index (χ3n) is 3.93. The molecule has 0 saturated carbocycles. The molecule has 29 heavy (non-hydrogen) atoms. The first-order valence-corrected chi connectivity index (χ1v) is 10.8. The fourth-order valence-corrected chi connectivity index (χ4v) is 3.55. The fraction of sp³-hybridized carbons (Fsp3) is 0.316. The molecule has 1 amide bonds. The van der Waals surface area contributed by atoms with Crippen LogP contribution in [0, 0.1) is 10.1 Å². The van der Waals surface area contributed by atoms with Crippen molar-refractivity contribution < 1.29 is 22.9 Å². The van der Waals surface area contributed by atoms with Crippen LogP contribution in [0.25, 0.3) is 0 Å². The molecule has 0 fully saturated rings. The molecule has 0 saturated heterocycles. The number of nitrogens with zero attached hydrogens (tertiary/aromatic N) is 2. The number of ether oxygens (including phenoxy) is 1. The minimum atomic E-state index is -3.65. The molecule has 0 aromatic heterocycles. The molecular formula is C19H23N3O6S. The average Bonchev–Trinajstić information content (AvgIpc) is 2.68. The van der Waals surface area contributed by atoms with Gasteiger partial charge in [0, 0.05) is 25.1 Å². The van der Waals surface area contributed by atoms with Gasteiger partial charge >= 0.3 is 0 Å². The highest BCUT2D eigenvalue weighted by molar-refractivity contribution is 7.92. The van der Waals surface area contributed by atoms with E-state index in [1.54, 1.807) is 0 Å². The summed E-state index contributed by atoms with van der Waals surface area (Å²) in [6.07, 6.45) is 1.40. The number of carbonyl (C=O) groups excluding carboxylic acids is 1. The molecule has 156 valence electrons. The molecule has 1 N–H and O–H groups in total. The second kappa shape index (κ2) is 10.4. The van der Waals surface area contributed by atoms with E-state index in [2.05, 4.69) is 5.32 Å². The maximum absolute atomic E-state index is 12.1. The van der Waals surface area contributed by atoms with Crippen molar-refractivity contribution in [3.05, 3.63) is 64.7 Å². The number of rotatable bonds is 11. The van der Waals surface area contributed by atoms with Crippen LogP contribution in [0.3, 0.4) is 0 Å². The van der Waals surface area contributed by atoms with Crippen LogP contribution in [0.15, 0.2) is 54.6 Å². The zero-order valence-corrected chi connectivity index (χ0v) is 16.8. The quantitative estimate of drug-likeness (QED) is 0.338. The van der Waals surface area contributed by atoms with Gasteiger partial charge in [-0.3, -0.25) is 19.2 Å². The molecule has 0 atom stereocenters. The SMILES string of the molecule is CS(=O)(=O)N(CCCC(=O)NCCOc1ccccc1)c1cccc([N+](=O)[O-])c1. The van der Waals surface area contributed by atoms with Crippen LogP contribution in [0.1, 0.15) is 12.8 Å². The third kappa shape index (κ3) is 7.41. The van der Waals surface area contributed by atoms with E-state index < -0.39 is 14.9 Å². The van der Waals surface area contributed by atoms with Crippen molar-refractivity contribution in [2.75, 3.05) is 30.3 Å². The van der Waals surface area contributed by atoms with E-state index in [0.29, 0.717) is 18.9 Å². The minimum absolute atomic E-state index is 0.0357. The highest BCUT2D eigenvalue weighted by atomic mass is 32.2. The van der Waals surface area contributed by atoms with Crippen molar-refractivity contribution >= 4 is 27.3 Å². The lowest BCUT2D eigenvalue weighted by molar-refractivity contribution is -0.384. The van der Waals surface area contributed by atoms with Gasteiger partial charge in [0.2, 0.25) is 15.9 Å². The van der Waals surface area contributed by atoms with Gasteiger partial charge in [-0.25, -0.2) is 8.42 Å². The molecule has 10 heteroatoms. The van der Waals surface area contributed by atoms with Crippen LogP contribution in [0.4, 0.5) is 11.4 Å². The predicted octanol–water partition coefficient (Wildman–Crippen LogP) is 2.34.